The lowest BCUT2D eigenvalue weighted by molar-refractivity contribution is 0.615. The molecular weight excluding hydrogens is 198 g/mol. The summed E-state index contributed by atoms with van der Waals surface area (Å²) in [6.07, 6.45) is 3.54. The van der Waals surface area contributed by atoms with Crippen LogP contribution >= 0.6 is 11.6 Å². The van der Waals surface area contributed by atoms with Crippen molar-refractivity contribution in [3.63, 3.8) is 0 Å². The molecule has 0 saturated heterocycles. The molecule has 1 aromatic carbocycles. The second kappa shape index (κ2) is 4.03. The Bertz CT molecular complexity index is 436. The molecule has 0 aliphatic rings. The van der Waals surface area contributed by atoms with Crippen molar-refractivity contribution in [2.75, 3.05) is 6.54 Å². The summed E-state index contributed by atoms with van der Waals surface area (Å²) >= 11 is 6.11. The third kappa shape index (κ3) is 1.63. The van der Waals surface area contributed by atoms with Crippen LogP contribution in [0.1, 0.15) is 12.0 Å². The molecule has 3 heteroatoms. The van der Waals surface area contributed by atoms with Gasteiger partial charge in [-0.25, -0.2) is 0 Å². The maximum atomic E-state index is 6.11. The van der Waals surface area contributed by atoms with Crippen LogP contribution in [0.3, 0.4) is 0 Å². The molecule has 2 N–H and O–H groups in total. The fraction of sp³-hybridized carbons (Fsp3) is 0.273. The predicted octanol–water partition coefficient (Wildman–Crippen LogP) is 2.98. The van der Waals surface area contributed by atoms with Gasteiger partial charge in [0, 0.05) is 10.4 Å². The average molecular weight is 210 g/mol. The van der Waals surface area contributed by atoms with E-state index in [-0.39, 0.29) is 0 Å². The first kappa shape index (κ1) is 9.56. The van der Waals surface area contributed by atoms with Crippen molar-refractivity contribution in [3.05, 3.63) is 35.0 Å². The number of aryl methyl sites for hydroxylation is 1. The predicted molar refractivity (Wildman–Crippen MR) is 58.6 cm³/mol. The minimum absolute atomic E-state index is 0.685. The second-order valence-electron chi connectivity index (χ2n) is 3.25. The van der Waals surface area contributed by atoms with Gasteiger partial charge in [0.2, 0.25) is 0 Å². The Balaban J connectivity index is 2.47. The van der Waals surface area contributed by atoms with Crippen molar-refractivity contribution in [3.8, 4) is 0 Å². The number of furan rings is 1. The number of nitrogens with two attached hydrogens (primary N) is 1. The highest BCUT2D eigenvalue weighted by molar-refractivity contribution is 6.32. The van der Waals surface area contributed by atoms with Crippen molar-refractivity contribution in [1.29, 1.82) is 0 Å². The first-order chi connectivity index (χ1) is 6.83. The molecule has 1 aromatic heterocycles. The maximum absolute atomic E-state index is 6.11. The van der Waals surface area contributed by atoms with Crippen molar-refractivity contribution in [2.24, 2.45) is 5.73 Å². The molecule has 0 saturated carbocycles. The molecule has 2 rings (SSSR count). The lowest BCUT2D eigenvalue weighted by Gasteiger charge is -2.04. The SMILES string of the molecule is NCCCc1c(Cl)ccc2occc12. The Hall–Kier alpha value is -0.990. The van der Waals surface area contributed by atoms with E-state index >= 15 is 0 Å². The summed E-state index contributed by atoms with van der Waals surface area (Å²) in [4.78, 5) is 0. The minimum Gasteiger partial charge on any atom is -0.464 e. The van der Waals surface area contributed by atoms with Crippen LogP contribution in [0.2, 0.25) is 5.02 Å². The highest BCUT2D eigenvalue weighted by atomic mass is 35.5. The van der Waals surface area contributed by atoms with Crippen molar-refractivity contribution >= 4 is 22.6 Å². The summed E-state index contributed by atoms with van der Waals surface area (Å²) in [6.45, 7) is 0.685. The molecule has 0 atom stereocenters. The highest BCUT2D eigenvalue weighted by Gasteiger charge is 2.07. The van der Waals surface area contributed by atoms with Crippen LogP contribution in [0.15, 0.2) is 28.9 Å². The molecule has 0 aliphatic carbocycles. The van der Waals surface area contributed by atoms with E-state index < -0.39 is 0 Å². The van der Waals surface area contributed by atoms with Crippen LogP contribution in [0.4, 0.5) is 0 Å². The molecule has 0 bridgehead atoms. The van der Waals surface area contributed by atoms with E-state index in [0.29, 0.717) is 6.54 Å². The second-order valence-corrected chi connectivity index (χ2v) is 3.66. The largest absolute Gasteiger partial charge is 0.464 e. The Morgan fingerprint density at radius 1 is 1.29 bits per heavy atom. The molecular formula is C11H12ClNO. The molecule has 0 unspecified atom stereocenters. The number of rotatable bonds is 3. The van der Waals surface area contributed by atoms with Crippen molar-refractivity contribution < 1.29 is 4.42 Å². The molecule has 0 amide bonds. The molecule has 0 spiro atoms. The first-order valence-electron chi connectivity index (χ1n) is 4.67. The van der Waals surface area contributed by atoms with E-state index in [2.05, 4.69) is 0 Å². The van der Waals surface area contributed by atoms with Gasteiger partial charge in [-0.15, -0.1) is 0 Å². The van der Waals surface area contributed by atoms with Gasteiger partial charge in [-0.1, -0.05) is 11.6 Å². The van der Waals surface area contributed by atoms with E-state index in [1.54, 1.807) is 6.26 Å². The molecule has 0 aliphatic heterocycles. The van der Waals surface area contributed by atoms with Gasteiger partial charge < -0.3 is 10.2 Å². The van der Waals surface area contributed by atoms with Crippen LogP contribution < -0.4 is 5.73 Å². The number of benzene rings is 1. The number of fused-ring (bicyclic) bond motifs is 1. The third-order valence-corrected chi connectivity index (χ3v) is 2.67. The first-order valence-corrected chi connectivity index (χ1v) is 5.05. The van der Waals surface area contributed by atoms with Gasteiger partial charge in [0.25, 0.3) is 0 Å². The summed E-state index contributed by atoms with van der Waals surface area (Å²) in [5, 5.41) is 1.90. The summed E-state index contributed by atoms with van der Waals surface area (Å²) < 4.78 is 5.30. The molecule has 0 radical (unpaired) electrons. The summed E-state index contributed by atoms with van der Waals surface area (Å²) in [7, 11) is 0. The Labute approximate surface area is 87.6 Å². The van der Waals surface area contributed by atoms with Crippen molar-refractivity contribution in [2.45, 2.75) is 12.8 Å². The summed E-state index contributed by atoms with van der Waals surface area (Å²) in [5.41, 5.74) is 7.51. The Kier molecular flexibility index (Phi) is 2.75. The number of halogens is 1. The lowest BCUT2D eigenvalue weighted by Crippen LogP contribution is -2.00. The van der Waals surface area contributed by atoms with Crippen molar-refractivity contribution in [1.82, 2.24) is 0 Å². The van der Waals surface area contributed by atoms with Crippen LogP contribution in [0.5, 0.6) is 0 Å². The summed E-state index contributed by atoms with van der Waals surface area (Å²) in [6, 6.07) is 5.72. The zero-order valence-electron chi connectivity index (χ0n) is 7.79. The topological polar surface area (TPSA) is 39.2 Å². The summed E-state index contributed by atoms with van der Waals surface area (Å²) in [5.74, 6) is 0. The van der Waals surface area contributed by atoms with Gasteiger partial charge in [0.05, 0.1) is 6.26 Å². The standard InChI is InChI=1S/C11H12ClNO/c12-10-3-4-11-9(5-7-14-11)8(10)2-1-6-13/h3-5,7H,1-2,6,13H2. The van der Waals surface area contributed by atoms with E-state index in [1.807, 2.05) is 18.2 Å². The smallest absolute Gasteiger partial charge is 0.134 e. The number of hydrogen-bond donors (Lipinski definition) is 1. The maximum Gasteiger partial charge on any atom is 0.134 e. The molecule has 2 aromatic rings. The molecule has 14 heavy (non-hydrogen) atoms. The van der Waals surface area contributed by atoms with Gasteiger partial charge in [0.15, 0.2) is 0 Å². The van der Waals surface area contributed by atoms with Crippen LogP contribution in [-0.4, -0.2) is 6.54 Å². The molecule has 0 fully saturated rings. The molecule has 2 nitrogen and oxygen atoms in total. The monoisotopic (exact) mass is 209 g/mol. The fourth-order valence-electron chi connectivity index (χ4n) is 1.61. The van der Waals surface area contributed by atoms with E-state index in [4.69, 9.17) is 21.8 Å². The van der Waals surface area contributed by atoms with Gasteiger partial charge >= 0.3 is 0 Å². The zero-order chi connectivity index (χ0) is 9.97. The van der Waals surface area contributed by atoms with E-state index in [9.17, 15) is 0 Å². The van der Waals surface area contributed by atoms with Gasteiger partial charge in [-0.05, 0) is 43.1 Å². The average Bonchev–Trinajstić information content (AvgIpc) is 2.64. The van der Waals surface area contributed by atoms with E-state index in [0.717, 1.165) is 34.4 Å². The van der Waals surface area contributed by atoms with E-state index in [1.165, 1.54) is 0 Å². The van der Waals surface area contributed by atoms with Gasteiger partial charge in [0.1, 0.15) is 5.58 Å². The Morgan fingerprint density at radius 3 is 2.93 bits per heavy atom. The highest BCUT2D eigenvalue weighted by Crippen LogP contribution is 2.27. The number of hydrogen-bond acceptors (Lipinski definition) is 2. The van der Waals surface area contributed by atoms with Crippen LogP contribution in [-0.2, 0) is 6.42 Å². The van der Waals surface area contributed by atoms with Gasteiger partial charge in [-0.3, -0.25) is 0 Å². The Morgan fingerprint density at radius 2 is 2.14 bits per heavy atom. The molecule has 74 valence electrons. The minimum atomic E-state index is 0.685. The van der Waals surface area contributed by atoms with Crippen LogP contribution in [0.25, 0.3) is 11.0 Å². The zero-order valence-corrected chi connectivity index (χ0v) is 8.55. The third-order valence-electron chi connectivity index (χ3n) is 2.32. The molecule has 1 heterocycles. The quantitative estimate of drug-likeness (QED) is 0.844. The van der Waals surface area contributed by atoms with Crippen LogP contribution in [0, 0.1) is 0 Å². The normalized spacial score (nSPS) is 11.0. The van der Waals surface area contributed by atoms with Gasteiger partial charge in [-0.2, -0.15) is 0 Å². The fourth-order valence-corrected chi connectivity index (χ4v) is 1.87. The lowest BCUT2D eigenvalue weighted by atomic mass is 10.1.